The fourth-order valence-corrected chi connectivity index (χ4v) is 7.53. The smallest absolute Gasteiger partial charge is 0.210 e. The predicted octanol–water partition coefficient (Wildman–Crippen LogP) is 7.72. The van der Waals surface area contributed by atoms with Crippen LogP contribution >= 0.6 is 28.6 Å². The van der Waals surface area contributed by atoms with Crippen LogP contribution in [0.15, 0.2) is 105 Å². The molecule has 3 aromatic rings. The highest BCUT2D eigenvalue weighted by Gasteiger charge is 2.47. The second-order valence-electron chi connectivity index (χ2n) is 13.1. The molecule has 3 aromatic carbocycles. The zero-order chi connectivity index (χ0) is 32.1. The lowest BCUT2D eigenvalue weighted by Gasteiger charge is -2.29. The molecule has 1 aliphatic carbocycles. The molecule has 1 N–H and O–H groups in total. The topological polar surface area (TPSA) is 52.8 Å². The van der Waals surface area contributed by atoms with E-state index in [0.717, 1.165) is 21.6 Å². The summed E-state index contributed by atoms with van der Waals surface area (Å²) in [6.07, 6.45) is 4.09. The number of anilines is 1. The molecular weight excluding hydrogens is 644 g/mol. The number of benzene rings is 3. The van der Waals surface area contributed by atoms with Crippen molar-refractivity contribution in [2.45, 2.75) is 52.0 Å². The number of nitrogens with zero attached hydrogens (tertiary/aromatic N) is 2. The standard InChI is InChI=1S/C38H39BrN2O3S/c1-24-11-13-32-29(19-24)37(2,3)34(41(32)23-25-9-7-6-8-10-25)22-28-35(43)27(36(28)45)21-33-38(4,5)30-20-26(39)12-14-31(30)40(33)15-17-44-18-16-42/h6-14,19-22,42H,15-18,23H2,1-5H3/p+1. The summed E-state index contributed by atoms with van der Waals surface area (Å²) < 4.78 is 9.01. The number of carbonyl (C=O) groups excluding carboxylic acids is 1. The number of ketones is 1. The second kappa shape index (κ2) is 12.2. The van der Waals surface area contributed by atoms with Crippen LogP contribution < -0.4 is 4.90 Å². The van der Waals surface area contributed by atoms with E-state index in [2.05, 4.69) is 121 Å². The normalized spacial score (nSPS) is 19.9. The van der Waals surface area contributed by atoms with E-state index >= 15 is 0 Å². The van der Waals surface area contributed by atoms with E-state index in [0.29, 0.717) is 42.4 Å². The number of thiol groups is 1. The molecule has 0 spiro atoms. The maximum Gasteiger partial charge on any atom is 0.210 e. The zero-order valence-electron chi connectivity index (χ0n) is 26.5. The number of rotatable bonds is 9. The lowest BCUT2D eigenvalue weighted by molar-refractivity contribution is -0.455. The summed E-state index contributed by atoms with van der Waals surface area (Å²) in [5.74, 6) is 0.00650. The van der Waals surface area contributed by atoms with Gasteiger partial charge in [-0.15, -0.1) is 12.6 Å². The Labute approximate surface area is 280 Å². The SMILES string of the molecule is Cc1ccc2c(c1)C(C)(C)C(/C=C1/C(=O)C(/C=C3\N(CCOCCO)c4ccc(Br)cc4C3(C)C)=C1S)=[N+]2Cc1ccccc1. The van der Waals surface area contributed by atoms with Crippen LogP contribution in [0.2, 0.25) is 0 Å². The first kappa shape index (κ1) is 31.7. The monoisotopic (exact) mass is 683 g/mol. The van der Waals surface area contributed by atoms with E-state index in [9.17, 15) is 9.90 Å². The van der Waals surface area contributed by atoms with Gasteiger partial charge in [0.2, 0.25) is 5.69 Å². The number of fused-ring (bicyclic) bond motifs is 2. The van der Waals surface area contributed by atoms with Gasteiger partial charge in [-0.3, -0.25) is 4.79 Å². The summed E-state index contributed by atoms with van der Waals surface area (Å²) in [7, 11) is 0. The van der Waals surface area contributed by atoms with Crippen LogP contribution in [0.3, 0.4) is 0 Å². The van der Waals surface area contributed by atoms with Gasteiger partial charge in [-0.1, -0.05) is 71.7 Å². The maximum absolute atomic E-state index is 14.0. The quantitative estimate of drug-likeness (QED) is 0.105. The van der Waals surface area contributed by atoms with Gasteiger partial charge in [-0.25, -0.2) is 0 Å². The summed E-state index contributed by atoms with van der Waals surface area (Å²) in [5, 5.41) is 9.19. The van der Waals surface area contributed by atoms with Crippen LogP contribution in [0.25, 0.3) is 0 Å². The first-order valence-electron chi connectivity index (χ1n) is 15.4. The largest absolute Gasteiger partial charge is 0.394 e. The van der Waals surface area contributed by atoms with E-state index in [1.807, 2.05) is 18.2 Å². The van der Waals surface area contributed by atoms with Gasteiger partial charge in [0.05, 0.1) is 25.2 Å². The lowest BCUT2D eigenvalue weighted by Crippen LogP contribution is -2.32. The molecule has 2 heterocycles. The van der Waals surface area contributed by atoms with Crippen LogP contribution in [-0.2, 0) is 26.9 Å². The molecule has 0 amide bonds. The molecule has 3 aliphatic rings. The van der Waals surface area contributed by atoms with Crippen LogP contribution in [-0.4, -0.2) is 47.5 Å². The Balaban J connectivity index is 1.42. The second-order valence-corrected chi connectivity index (χ2v) is 14.4. The van der Waals surface area contributed by atoms with Gasteiger partial charge in [-0.2, -0.15) is 4.58 Å². The molecule has 0 fully saturated rings. The average Bonchev–Trinajstić information content (AvgIpc) is 3.34. The molecule has 5 nitrogen and oxygen atoms in total. The van der Waals surface area contributed by atoms with Crippen molar-refractivity contribution in [3.63, 3.8) is 0 Å². The lowest BCUT2D eigenvalue weighted by atomic mass is 9.78. The minimum atomic E-state index is -0.342. The van der Waals surface area contributed by atoms with Crippen LogP contribution in [0.4, 0.5) is 11.4 Å². The zero-order valence-corrected chi connectivity index (χ0v) is 29.0. The van der Waals surface area contributed by atoms with Crippen molar-refractivity contribution in [3.8, 4) is 0 Å². The molecular formula is C38H40BrN2O3S+. The molecule has 7 heteroatoms. The molecule has 0 atom stereocenters. The van der Waals surface area contributed by atoms with Gasteiger partial charge in [0, 0.05) is 67.1 Å². The molecule has 0 saturated carbocycles. The Morgan fingerprint density at radius 3 is 2.42 bits per heavy atom. The molecule has 0 radical (unpaired) electrons. The fourth-order valence-electron chi connectivity index (χ4n) is 6.84. The predicted molar refractivity (Wildman–Crippen MR) is 189 cm³/mol. The molecule has 0 bridgehead atoms. The van der Waals surface area contributed by atoms with E-state index in [1.165, 1.54) is 27.9 Å². The Bertz CT molecular complexity index is 1820. The Morgan fingerprint density at radius 2 is 1.71 bits per heavy atom. The summed E-state index contributed by atoms with van der Waals surface area (Å²) in [5.41, 5.74) is 9.90. The number of allylic oxidation sites excluding steroid dienone is 5. The summed E-state index contributed by atoms with van der Waals surface area (Å²) in [4.78, 5) is 16.9. The first-order chi connectivity index (χ1) is 21.4. The number of Topliss-reactive ketones (excluding diaryl/α,β-unsaturated/α-hetero) is 1. The van der Waals surface area contributed by atoms with Crippen LogP contribution in [0, 0.1) is 6.92 Å². The van der Waals surface area contributed by atoms with Gasteiger partial charge in [0.15, 0.2) is 18.0 Å². The molecule has 232 valence electrons. The third-order valence-electron chi connectivity index (χ3n) is 9.34. The number of hydrogen-bond acceptors (Lipinski definition) is 5. The fraction of sp³-hybridized carbons (Fsp3) is 0.316. The van der Waals surface area contributed by atoms with Gasteiger partial charge < -0.3 is 14.7 Å². The number of aliphatic hydroxyl groups excluding tert-OH is 1. The van der Waals surface area contributed by atoms with Gasteiger partial charge in [0.1, 0.15) is 0 Å². The molecule has 0 unspecified atom stereocenters. The van der Waals surface area contributed by atoms with E-state index in [4.69, 9.17) is 17.4 Å². The summed E-state index contributed by atoms with van der Waals surface area (Å²) in [6, 6.07) is 23.4. The minimum Gasteiger partial charge on any atom is -0.394 e. The average molecular weight is 685 g/mol. The van der Waals surface area contributed by atoms with Crippen molar-refractivity contribution in [2.24, 2.45) is 0 Å². The Morgan fingerprint density at radius 1 is 0.956 bits per heavy atom. The molecule has 0 aromatic heterocycles. The van der Waals surface area contributed by atoms with Crippen molar-refractivity contribution in [3.05, 3.63) is 127 Å². The minimum absolute atomic E-state index is 0.00650. The third kappa shape index (κ3) is 5.58. The van der Waals surface area contributed by atoms with Crippen molar-refractivity contribution in [1.29, 1.82) is 0 Å². The van der Waals surface area contributed by atoms with E-state index in [1.54, 1.807) is 0 Å². The van der Waals surface area contributed by atoms with Crippen molar-refractivity contribution in [2.75, 3.05) is 31.3 Å². The molecule has 45 heavy (non-hydrogen) atoms. The van der Waals surface area contributed by atoms with Gasteiger partial charge in [0.25, 0.3) is 0 Å². The number of halogens is 1. The van der Waals surface area contributed by atoms with Crippen LogP contribution in [0.5, 0.6) is 0 Å². The summed E-state index contributed by atoms with van der Waals surface area (Å²) in [6.45, 7) is 13.0. The maximum atomic E-state index is 14.0. The van der Waals surface area contributed by atoms with E-state index in [-0.39, 0.29) is 23.2 Å². The molecule has 2 aliphatic heterocycles. The number of hydrogen-bond donors (Lipinski definition) is 2. The number of aliphatic hydroxyl groups is 1. The Hall–Kier alpha value is -3.23. The highest BCUT2D eigenvalue weighted by atomic mass is 79.9. The van der Waals surface area contributed by atoms with Crippen molar-refractivity contribution in [1.82, 2.24) is 0 Å². The highest BCUT2D eigenvalue weighted by Crippen LogP contribution is 2.50. The molecule has 0 saturated heterocycles. The van der Waals surface area contributed by atoms with Crippen molar-refractivity contribution < 1.29 is 19.2 Å². The number of carbonyl (C=O) groups is 1. The first-order valence-corrected chi connectivity index (χ1v) is 16.7. The third-order valence-corrected chi connectivity index (χ3v) is 10.3. The Kier molecular flexibility index (Phi) is 8.59. The molecule has 6 rings (SSSR count). The highest BCUT2D eigenvalue weighted by molar-refractivity contribution is 9.10. The van der Waals surface area contributed by atoms with Gasteiger partial charge in [-0.05, 0) is 56.7 Å². The summed E-state index contributed by atoms with van der Waals surface area (Å²) >= 11 is 8.58. The number of ether oxygens (including phenoxy) is 1. The van der Waals surface area contributed by atoms with Crippen LogP contribution in [0.1, 0.15) is 49.9 Å². The number of aryl methyl sites for hydroxylation is 1. The van der Waals surface area contributed by atoms with Crippen molar-refractivity contribution >= 4 is 51.4 Å². The van der Waals surface area contributed by atoms with Gasteiger partial charge >= 0.3 is 0 Å². The van der Waals surface area contributed by atoms with E-state index < -0.39 is 0 Å².